The van der Waals surface area contributed by atoms with Crippen molar-refractivity contribution < 1.29 is 0 Å². The van der Waals surface area contributed by atoms with Gasteiger partial charge in [0.2, 0.25) is 0 Å². The van der Waals surface area contributed by atoms with Crippen LogP contribution >= 0.6 is 0 Å². The number of imidazole rings is 1. The van der Waals surface area contributed by atoms with Crippen molar-refractivity contribution >= 4 is 0 Å². The Morgan fingerprint density at radius 3 is 2.80 bits per heavy atom. The molecule has 2 atom stereocenters. The van der Waals surface area contributed by atoms with E-state index in [0.29, 0.717) is 17.9 Å². The van der Waals surface area contributed by atoms with Crippen LogP contribution in [0.1, 0.15) is 44.6 Å². The second kappa shape index (κ2) is 3.97. The summed E-state index contributed by atoms with van der Waals surface area (Å²) in [7, 11) is 0. The molecule has 3 nitrogen and oxygen atoms in total. The Balaban J connectivity index is 2.26. The second-order valence-corrected chi connectivity index (χ2v) is 5.03. The van der Waals surface area contributed by atoms with Crippen molar-refractivity contribution in [3.05, 3.63) is 17.7 Å². The van der Waals surface area contributed by atoms with Gasteiger partial charge in [-0.2, -0.15) is 0 Å². The zero-order valence-corrected chi connectivity index (χ0v) is 9.90. The molecule has 0 amide bonds. The zero-order chi connectivity index (χ0) is 11.0. The molecule has 1 aromatic rings. The van der Waals surface area contributed by atoms with Crippen LogP contribution in [0.2, 0.25) is 0 Å². The molecule has 15 heavy (non-hydrogen) atoms. The number of aromatic nitrogens is 2. The van der Waals surface area contributed by atoms with Crippen LogP contribution < -0.4 is 5.73 Å². The molecule has 0 saturated heterocycles. The van der Waals surface area contributed by atoms with Crippen LogP contribution in [0.5, 0.6) is 0 Å². The van der Waals surface area contributed by atoms with E-state index < -0.39 is 0 Å². The third-order valence-electron chi connectivity index (χ3n) is 3.42. The van der Waals surface area contributed by atoms with Crippen molar-refractivity contribution in [1.29, 1.82) is 0 Å². The van der Waals surface area contributed by atoms with Crippen LogP contribution in [0, 0.1) is 5.92 Å². The summed E-state index contributed by atoms with van der Waals surface area (Å²) < 4.78 is 2.38. The number of rotatable bonds is 2. The van der Waals surface area contributed by atoms with Crippen molar-refractivity contribution in [2.24, 2.45) is 11.7 Å². The summed E-state index contributed by atoms with van der Waals surface area (Å²) in [5, 5.41) is 0. The SMILES string of the molecule is CC(C)c1ncc2n1CC(C(C)N)CC2. The molecule has 1 aliphatic rings. The third kappa shape index (κ3) is 1.93. The Kier molecular flexibility index (Phi) is 2.83. The summed E-state index contributed by atoms with van der Waals surface area (Å²) in [6.07, 6.45) is 4.37. The minimum atomic E-state index is 0.292. The first-order chi connectivity index (χ1) is 7.09. The van der Waals surface area contributed by atoms with E-state index in [1.807, 2.05) is 6.20 Å². The highest BCUT2D eigenvalue weighted by Gasteiger charge is 2.24. The molecule has 0 saturated carbocycles. The topological polar surface area (TPSA) is 43.8 Å². The predicted octanol–water partition coefficient (Wildman–Crippen LogP) is 1.92. The highest BCUT2D eigenvalue weighted by atomic mass is 15.1. The summed E-state index contributed by atoms with van der Waals surface area (Å²) in [5.41, 5.74) is 7.37. The Morgan fingerprint density at radius 1 is 1.47 bits per heavy atom. The van der Waals surface area contributed by atoms with Gasteiger partial charge in [-0.1, -0.05) is 13.8 Å². The lowest BCUT2D eigenvalue weighted by atomic mass is 9.92. The molecule has 1 aromatic heterocycles. The van der Waals surface area contributed by atoms with Crippen LogP contribution in [0.15, 0.2) is 6.20 Å². The standard InChI is InChI=1S/C12H21N3/c1-8(2)12-14-6-11-5-4-10(9(3)13)7-15(11)12/h6,8-10H,4-5,7,13H2,1-3H3. The van der Waals surface area contributed by atoms with Gasteiger partial charge in [-0.3, -0.25) is 0 Å². The van der Waals surface area contributed by atoms with Gasteiger partial charge in [0.15, 0.2) is 0 Å². The first-order valence-electron chi connectivity index (χ1n) is 5.89. The Morgan fingerprint density at radius 2 is 2.20 bits per heavy atom. The average Bonchev–Trinajstić information content (AvgIpc) is 2.59. The molecule has 2 rings (SSSR count). The predicted molar refractivity (Wildman–Crippen MR) is 61.8 cm³/mol. The minimum absolute atomic E-state index is 0.292. The minimum Gasteiger partial charge on any atom is -0.332 e. The van der Waals surface area contributed by atoms with Crippen LogP contribution in [0.4, 0.5) is 0 Å². The lowest BCUT2D eigenvalue weighted by Gasteiger charge is -2.28. The van der Waals surface area contributed by atoms with E-state index in [1.54, 1.807) is 0 Å². The Labute approximate surface area is 91.7 Å². The molecule has 2 heterocycles. The summed E-state index contributed by atoms with van der Waals surface area (Å²) in [4.78, 5) is 4.51. The van der Waals surface area contributed by atoms with Gasteiger partial charge in [0.1, 0.15) is 5.82 Å². The van der Waals surface area contributed by atoms with Crippen molar-refractivity contribution in [1.82, 2.24) is 9.55 Å². The summed E-state index contributed by atoms with van der Waals surface area (Å²) in [6, 6.07) is 0.292. The van der Waals surface area contributed by atoms with Gasteiger partial charge in [-0.25, -0.2) is 4.98 Å². The first kappa shape index (κ1) is 10.7. The van der Waals surface area contributed by atoms with Gasteiger partial charge in [0, 0.05) is 30.4 Å². The van der Waals surface area contributed by atoms with Crippen molar-refractivity contribution in [2.45, 2.75) is 52.1 Å². The molecule has 0 fully saturated rings. The zero-order valence-electron chi connectivity index (χ0n) is 9.90. The molecule has 0 radical (unpaired) electrons. The maximum Gasteiger partial charge on any atom is 0.111 e. The van der Waals surface area contributed by atoms with E-state index in [-0.39, 0.29) is 0 Å². The quantitative estimate of drug-likeness (QED) is 0.805. The number of nitrogens with zero attached hydrogens (tertiary/aromatic N) is 2. The fourth-order valence-corrected chi connectivity index (χ4v) is 2.39. The molecule has 2 N–H and O–H groups in total. The van der Waals surface area contributed by atoms with E-state index in [4.69, 9.17) is 5.73 Å². The van der Waals surface area contributed by atoms with Gasteiger partial charge in [0.05, 0.1) is 0 Å². The highest BCUT2D eigenvalue weighted by Crippen LogP contribution is 2.26. The van der Waals surface area contributed by atoms with E-state index in [9.17, 15) is 0 Å². The van der Waals surface area contributed by atoms with Crippen LogP contribution in [-0.4, -0.2) is 15.6 Å². The Hall–Kier alpha value is -0.830. The molecular weight excluding hydrogens is 186 g/mol. The molecule has 1 aliphatic heterocycles. The largest absolute Gasteiger partial charge is 0.332 e. The maximum atomic E-state index is 5.99. The highest BCUT2D eigenvalue weighted by molar-refractivity contribution is 5.11. The number of aryl methyl sites for hydroxylation is 1. The normalized spacial score (nSPS) is 22.9. The molecule has 0 spiro atoms. The van der Waals surface area contributed by atoms with Gasteiger partial charge >= 0.3 is 0 Å². The molecule has 84 valence electrons. The molecule has 0 bridgehead atoms. The second-order valence-electron chi connectivity index (χ2n) is 5.03. The maximum absolute atomic E-state index is 5.99. The van der Waals surface area contributed by atoms with Gasteiger partial charge in [0.25, 0.3) is 0 Å². The summed E-state index contributed by atoms with van der Waals surface area (Å²) in [5.74, 6) is 2.34. The van der Waals surface area contributed by atoms with Crippen molar-refractivity contribution in [3.63, 3.8) is 0 Å². The molecule has 3 heteroatoms. The number of nitrogens with two attached hydrogens (primary N) is 1. The first-order valence-corrected chi connectivity index (χ1v) is 5.89. The monoisotopic (exact) mass is 207 g/mol. The van der Waals surface area contributed by atoms with Gasteiger partial charge < -0.3 is 10.3 Å². The van der Waals surface area contributed by atoms with Crippen molar-refractivity contribution in [2.75, 3.05) is 0 Å². The van der Waals surface area contributed by atoms with Crippen LogP contribution in [0.25, 0.3) is 0 Å². The van der Waals surface area contributed by atoms with Gasteiger partial charge in [-0.15, -0.1) is 0 Å². The molecular formula is C12H21N3. The van der Waals surface area contributed by atoms with E-state index in [2.05, 4.69) is 30.3 Å². The Bertz CT molecular complexity index is 339. The van der Waals surface area contributed by atoms with Crippen LogP contribution in [-0.2, 0) is 13.0 Å². The number of hydrogen-bond donors (Lipinski definition) is 1. The van der Waals surface area contributed by atoms with Crippen molar-refractivity contribution in [3.8, 4) is 0 Å². The average molecular weight is 207 g/mol. The lowest BCUT2D eigenvalue weighted by Crippen LogP contribution is -2.34. The van der Waals surface area contributed by atoms with Gasteiger partial charge in [-0.05, 0) is 25.7 Å². The number of fused-ring (bicyclic) bond motifs is 1. The van der Waals surface area contributed by atoms with E-state index in [1.165, 1.54) is 17.9 Å². The molecule has 0 aliphatic carbocycles. The fraction of sp³-hybridized carbons (Fsp3) is 0.750. The van der Waals surface area contributed by atoms with Crippen LogP contribution in [0.3, 0.4) is 0 Å². The lowest BCUT2D eigenvalue weighted by molar-refractivity contribution is 0.317. The van der Waals surface area contributed by atoms with E-state index in [0.717, 1.165) is 13.0 Å². The third-order valence-corrected chi connectivity index (χ3v) is 3.42. The molecule has 0 aromatic carbocycles. The smallest absolute Gasteiger partial charge is 0.111 e. The van der Waals surface area contributed by atoms with E-state index >= 15 is 0 Å². The number of hydrogen-bond acceptors (Lipinski definition) is 2. The molecule has 2 unspecified atom stereocenters. The summed E-state index contributed by atoms with van der Waals surface area (Å²) >= 11 is 0. The fourth-order valence-electron chi connectivity index (χ4n) is 2.39. The summed E-state index contributed by atoms with van der Waals surface area (Å²) in [6.45, 7) is 7.57.